The summed E-state index contributed by atoms with van der Waals surface area (Å²) in [7, 11) is 0. The van der Waals surface area contributed by atoms with E-state index < -0.39 is 23.0 Å². The van der Waals surface area contributed by atoms with Crippen molar-refractivity contribution >= 4 is 35.2 Å². The molecule has 0 spiro atoms. The van der Waals surface area contributed by atoms with Crippen LogP contribution in [0.4, 0.5) is 0 Å². The fourth-order valence-corrected chi connectivity index (χ4v) is 2.28. The lowest BCUT2D eigenvalue weighted by atomic mass is 10.1. The van der Waals surface area contributed by atoms with Gasteiger partial charge < -0.3 is 20.4 Å². The van der Waals surface area contributed by atoms with Gasteiger partial charge >= 0.3 is 0 Å². The van der Waals surface area contributed by atoms with Gasteiger partial charge in [0.2, 0.25) is 0 Å². The maximum atomic E-state index is 11.9. The lowest BCUT2D eigenvalue weighted by Crippen LogP contribution is -2.03. The normalized spacial score (nSPS) is 11.0. The third kappa shape index (κ3) is 3.85. The van der Waals surface area contributed by atoms with Gasteiger partial charge in [0.05, 0.1) is 5.02 Å². The Labute approximate surface area is 140 Å². The van der Waals surface area contributed by atoms with E-state index in [9.17, 15) is 25.2 Å². The van der Waals surface area contributed by atoms with E-state index in [1.165, 1.54) is 18.3 Å². The number of rotatable bonds is 4. The van der Waals surface area contributed by atoms with E-state index in [0.717, 1.165) is 12.1 Å². The predicted octanol–water partition coefficient (Wildman–Crippen LogP) is 3.12. The van der Waals surface area contributed by atoms with Crippen molar-refractivity contribution in [2.75, 3.05) is 6.54 Å². The van der Waals surface area contributed by atoms with Crippen LogP contribution in [0.1, 0.15) is 15.9 Å². The predicted molar refractivity (Wildman–Crippen MR) is 86.4 cm³/mol. The number of Topliss-reactive ketones (excluding diaryl/α,β-unsaturated/α-hetero) is 1. The Kier molecular flexibility index (Phi) is 4.98. The summed E-state index contributed by atoms with van der Waals surface area (Å²) in [5.41, 5.74) is 0.218. The van der Waals surface area contributed by atoms with Gasteiger partial charge in [-0.25, -0.2) is 0 Å². The Balaban J connectivity index is 2.16. The van der Waals surface area contributed by atoms with E-state index in [0.29, 0.717) is 5.02 Å². The zero-order valence-electron chi connectivity index (χ0n) is 11.5. The largest absolute Gasteiger partial charge is 0.506 e. The summed E-state index contributed by atoms with van der Waals surface area (Å²) < 4.78 is 0. The van der Waals surface area contributed by atoms with E-state index >= 15 is 0 Å². The van der Waals surface area contributed by atoms with Crippen LogP contribution in [-0.2, 0) is 0 Å². The molecule has 2 aromatic rings. The Hall–Kier alpha value is -2.44. The van der Waals surface area contributed by atoms with Gasteiger partial charge in [-0.2, -0.15) is 0 Å². The molecule has 0 heterocycles. The molecule has 8 heteroatoms. The molecule has 2 aromatic carbocycles. The average Bonchev–Trinajstić information content (AvgIpc) is 2.48. The molecule has 0 saturated heterocycles. The maximum Gasteiger partial charge on any atom is 0.200 e. The van der Waals surface area contributed by atoms with Crippen LogP contribution in [-0.4, -0.2) is 39.0 Å². The minimum absolute atomic E-state index is 0.0247. The summed E-state index contributed by atoms with van der Waals surface area (Å²) in [5, 5.41) is 38.1. The lowest BCUT2D eigenvalue weighted by molar-refractivity contribution is 0.100. The molecule has 120 valence electrons. The van der Waals surface area contributed by atoms with Crippen LogP contribution in [0.25, 0.3) is 0 Å². The van der Waals surface area contributed by atoms with Gasteiger partial charge in [0.15, 0.2) is 23.0 Å². The molecule has 0 atom stereocenters. The number of hydrogen-bond donors (Lipinski definition) is 4. The zero-order valence-corrected chi connectivity index (χ0v) is 13.0. The first-order valence-electron chi connectivity index (χ1n) is 6.25. The van der Waals surface area contributed by atoms with Crippen LogP contribution in [0.2, 0.25) is 10.0 Å². The van der Waals surface area contributed by atoms with Gasteiger partial charge in [-0.05, 0) is 24.3 Å². The van der Waals surface area contributed by atoms with Crippen LogP contribution in [0.5, 0.6) is 23.0 Å². The van der Waals surface area contributed by atoms with Crippen molar-refractivity contribution in [1.29, 1.82) is 0 Å². The number of ketones is 1. The quantitative estimate of drug-likeness (QED) is 0.382. The number of aromatic hydroxyl groups is 4. The van der Waals surface area contributed by atoms with Crippen molar-refractivity contribution in [2.45, 2.75) is 0 Å². The minimum atomic E-state index is -0.705. The molecule has 0 aliphatic heterocycles. The van der Waals surface area contributed by atoms with Gasteiger partial charge in [-0.15, -0.1) is 0 Å². The number of carbonyl (C=O) groups is 1. The van der Waals surface area contributed by atoms with Crippen LogP contribution >= 0.6 is 23.2 Å². The van der Waals surface area contributed by atoms with E-state index in [1.54, 1.807) is 0 Å². The first kappa shape index (κ1) is 16.9. The van der Waals surface area contributed by atoms with Crippen LogP contribution in [0, 0.1) is 0 Å². The topological polar surface area (TPSA) is 110 Å². The fourth-order valence-electron chi connectivity index (χ4n) is 1.77. The molecule has 0 aromatic heterocycles. The third-order valence-electron chi connectivity index (χ3n) is 2.91. The number of aliphatic imine (C=N–C) groups is 1. The Morgan fingerprint density at radius 3 is 2.22 bits per heavy atom. The monoisotopic (exact) mass is 355 g/mol. The molecule has 0 unspecified atom stereocenters. The molecule has 0 bridgehead atoms. The molecule has 0 amide bonds. The molecule has 6 nitrogen and oxygen atoms in total. The highest BCUT2D eigenvalue weighted by Gasteiger charge is 2.13. The zero-order chi connectivity index (χ0) is 17.1. The van der Waals surface area contributed by atoms with Gasteiger partial charge in [0.1, 0.15) is 12.3 Å². The van der Waals surface area contributed by atoms with Crippen molar-refractivity contribution in [1.82, 2.24) is 0 Å². The van der Waals surface area contributed by atoms with Crippen LogP contribution in [0.3, 0.4) is 0 Å². The van der Waals surface area contributed by atoms with E-state index in [2.05, 4.69) is 4.99 Å². The Bertz CT molecular complexity index is 782. The molecule has 0 aliphatic rings. The van der Waals surface area contributed by atoms with E-state index in [4.69, 9.17) is 23.2 Å². The Morgan fingerprint density at radius 1 is 1.00 bits per heavy atom. The number of nitrogens with zero attached hydrogens (tertiary/aromatic N) is 1. The SMILES string of the molecule is O=C(CN=Cc1cc(Cl)cc(Cl)c1O)c1cc(O)c(O)c(O)c1. The molecule has 0 saturated carbocycles. The van der Waals surface area contributed by atoms with Crippen molar-refractivity contribution in [2.24, 2.45) is 4.99 Å². The van der Waals surface area contributed by atoms with E-state index in [1.807, 2.05) is 0 Å². The number of halogens is 2. The molecular formula is C15H11Cl2NO5. The molecule has 2 rings (SSSR count). The summed E-state index contributed by atoms with van der Waals surface area (Å²) in [5.74, 6) is -2.66. The van der Waals surface area contributed by atoms with Crippen molar-refractivity contribution in [3.63, 3.8) is 0 Å². The van der Waals surface area contributed by atoms with Crippen molar-refractivity contribution in [3.05, 3.63) is 45.4 Å². The number of hydrogen-bond acceptors (Lipinski definition) is 6. The van der Waals surface area contributed by atoms with Crippen LogP contribution in [0.15, 0.2) is 29.3 Å². The fraction of sp³-hybridized carbons (Fsp3) is 0.0667. The molecule has 0 fully saturated rings. The van der Waals surface area contributed by atoms with Crippen molar-refractivity contribution < 1.29 is 25.2 Å². The summed E-state index contributed by atoms with van der Waals surface area (Å²) in [6.07, 6.45) is 1.23. The summed E-state index contributed by atoms with van der Waals surface area (Å²) >= 11 is 11.6. The second-order valence-electron chi connectivity index (χ2n) is 4.58. The standard InChI is InChI=1S/C15H11Cl2NO5/c16-9-1-8(14(22)10(17)4-9)5-18-6-13(21)7-2-11(19)15(23)12(20)3-7/h1-5,19-20,22-23H,6H2. The summed E-state index contributed by atoms with van der Waals surface area (Å²) in [6, 6.07) is 4.82. The molecule has 4 N–H and O–H groups in total. The summed E-state index contributed by atoms with van der Waals surface area (Å²) in [6.45, 7) is -0.312. The Morgan fingerprint density at radius 2 is 1.61 bits per heavy atom. The number of benzene rings is 2. The first-order chi connectivity index (χ1) is 10.8. The first-order valence-corrected chi connectivity index (χ1v) is 7.01. The smallest absolute Gasteiger partial charge is 0.200 e. The van der Waals surface area contributed by atoms with Crippen LogP contribution < -0.4 is 0 Å². The second kappa shape index (κ2) is 6.76. The number of carbonyl (C=O) groups excluding carboxylic acids is 1. The lowest BCUT2D eigenvalue weighted by Gasteiger charge is -2.04. The highest BCUT2D eigenvalue weighted by Crippen LogP contribution is 2.35. The van der Waals surface area contributed by atoms with Crippen molar-refractivity contribution in [3.8, 4) is 23.0 Å². The second-order valence-corrected chi connectivity index (χ2v) is 5.43. The van der Waals surface area contributed by atoms with Gasteiger partial charge in [-0.3, -0.25) is 9.79 Å². The van der Waals surface area contributed by atoms with Gasteiger partial charge in [0, 0.05) is 22.4 Å². The number of phenols is 4. The van der Waals surface area contributed by atoms with Gasteiger partial charge in [0.25, 0.3) is 0 Å². The molecule has 23 heavy (non-hydrogen) atoms. The highest BCUT2D eigenvalue weighted by molar-refractivity contribution is 6.36. The number of phenolic OH excluding ortho intramolecular Hbond substituents is 4. The van der Waals surface area contributed by atoms with E-state index in [-0.39, 0.29) is 28.4 Å². The highest BCUT2D eigenvalue weighted by atomic mass is 35.5. The van der Waals surface area contributed by atoms with Gasteiger partial charge in [-0.1, -0.05) is 23.2 Å². The molecule has 0 aliphatic carbocycles. The maximum absolute atomic E-state index is 11.9. The molecule has 0 radical (unpaired) electrons. The minimum Gasteiger partial charge on any atom is -0.506 e. The third-order valence-corrected chi connectivity index (χ3v) is 3.42. The summed E-state index contributed by atoms with van der Waals surface area (Å²) in [4.78, 5) is 15.8. The molecular weight excluding hydrogens is 345 g/mol. The average molecular weight is 356 g/mol.